The lowest BCUT2D eigenvalue weighted by Gasteiger charge is -2.24. The molecular formula is C22H18F2N4. The van der Waals surface area contributed by atoms with Gasteiger partial charge in [0.05, 0.1) is 11.8 Å². The van der Waals surface area contributed by atoms with E-state index in [4.69, 9.17) is 0 Å². The fourth-order valence-corrected chi connectivity index (χ4v) is 3.04. The van der Waals surface area contributed by atoms with E-state index in [2.05, 4.69) is 15.0 Å². The largest absolute Gasteiger partial charge is 0.348 e. The molecule has 2 heterocycles. The summed E-state index contributed by atoms with van der Waals surface area (Å²) in [6, 6.07) is 23.2. The maximum absolute atomic E-state index is 14.7. The van der Waals surface area contributed by atoms with Gasteiger partial charge in [-0.3, -0.25) is 0 Å². The molecule has 4 nitrogen and oxygen atoms in total. The van der Waals surface area contributed by atoms with Gasteiger partial charge < -0.3 is 9.88 Å². The number of anilines is 1. The number of H-pyrrole nitrogens is 1. The van der Waals surface area contributed by atoms with E-state index in [1.807, 2.05) is 65.6 Å². The molecule has 0 atom stereocenters. The number of imidazole rings is 1. The van der Waals surface area contributed by atoms with Crippen molar-refractivity contribution in [2.24, 2.45) is 0 Å². The predicted molar refractivity (Wildman–Crippen MR) is 105 cm³/mol. The molecule has 6 heteroatoms. The van der Waals surface area contributed by atoms with Crippen molar-refractivity contribution in [2.75, 3.05) is 4.90 Å². The summed E-state index contributed by atoms with van der Waals surface area (Å²) in [7, 11) is 0. The normalized spacial score (nSPS) is 10.8. The number of rotatable bonds is 6. The molecule has 0 aliphatic rings. The Balaban J connectivity index is 1.66. The van der Waals surface area contributed by atoms with Crippen LogP contribution in [0.5, 0.6) is 0 Å². The monoisotopic (exact) mass is 376 g/mol. The predicted octanol–water partition coefficient (Wildman–Crippen LogP) is 4.96. The molecule has 4 aromatic rings. The maximum atomic E-state index is 14.7. The Hall–Kier alpha value is -3.54. The minimum Gasteiger partial charge on any atom is -0.348 e. The van der Waals surface area contributed by atoms with Gasteiger partial charge in [-0.05, 0) is 23.3 Å². The summed E-state index contributed by atoms with van der Waals surface area (Å²) < 4.78 is 27.8. The zero-order chi connectivity index (χ0) is 19.3. The molecule has 0 unspecified atom stereocenters. The van der Waals surface area contributed by atoms with Crippen LogP contribution in [-0.4, -0.2) is 15.0 Å². The summed E-state index contributed by atoms with van der Waals surface area (Å²) in [4.78, 5) is 12.4. The van der Waals surface area contributed by atoms with E-state index in [0.29, 0.717) is 18.9 Å². The van der Waals surface area contributed by atoms with E-state index < -0.39 is 11.9 Å². The van der Waals surface area contributed by atoms with Gasteiger partial charge in [-0.1, -0.05) is 60.7 Å². The molecule has 0 amide bonds. The van der Waals surface area contributed by atoms with Crippen molar-refractivity contribution in [1.29, 1.82) is 0 Å². The highest BCUT2D eigenvalue weighted by atomic mass is 19.1. The van der Waals surface area contributed by atoms with Gasteiger partial charge in [0.15, 0.2) is 0 Å². The second-order valence-electron chi connectivity index (χ2n) is 6.41. The standard InChI is InChI=1S/C22H18F2N4/c23-19-13-25-22(26-19)18-11-12-20(27-21(18)24)28(14-16-7-3-1-4-8-16)15-17-9-5-2-6-10-17/h1-13H,14-15H2,(H,25,26). The maximum Gasteiger partial charge on any atom is 0.231 e. The SMILES string of the molecule is Fc1c[nH]c(-c2ccc(N(Cc3ccccc3)Cc3ccccc3)nc2F)n1. The Kier molecular flexibility index (Phi) is 5.10. The van der Waals surface area contributed by atoms with Crippen LogP contribution in [0.25, 0.3) is 11.4 Å². The van der Waals surface area contributed by atoms with Crippen molar-refractivity contribution in [1.82, 2.24) is 15.0 Å². The number of aromatic amines is 1. The minimum atomic E-state index is -0.696. The summed E-state index contributed by atoms with van der Waals surface area (Å²) in [5, 5.41) is 0. The van der Waals surface area contributed by atoms with Crippen molar-refractivity contribution in [3.05, 3.63) is 102 Å². The Bertz CT molecular complexity index is 1010. The van der Waals surface area contributed by atoms with Crippen molar-refractivity contribution >= 4 is 5.82 Å². The van der Waals surface area contributed by atoms with Gasteiger partial charge in [0.1, 0.15) is 11.6 Å². The van der Waals surface area contributed by atoms with E-state index in [0.717, 1.165) is 17.3 Å². The zero-order valence-corrected chi connectivity index (χ0v) is 15.0. The van der Waals surface area contributed by atoms with Crippen LogP contribution in [0.1, 0.15) is 11.1 Å². The molecule has 4 rings (SSSR count). The Morgan fingerprint density at radius 1 is 0.750 bits per heavy atom. The van der Waals surface area contributed by atoms with Gasteiger partial charge in [-0.15, -0.1) is 0 Å². The molecular weight excluding hydrogens is 358 g/mol. The summed E-state index contributed by atoms with van der Waals surface area (Å²) in [5.74, 6) is -0.765. The summed E-state index contributed by atoms with van der Waals surface area (Å²) >= 11 is 0. The second-order valence-corrected chi connectivity index (χ2v) is 6.41. The summed E-state index contributed by atoms with van der Waals surface area (Å²) in [5.41, 5.74) is 2.32. The zero-order valence-electron chi connectivity index (χ0n) is 15.0. The van der Waals surface area contributed by atoms with Crippen molar-refractivity contribution in [3.8, 4) is 11.4 Å². The van der Waals surface area contributed by atoms with Crippen molar-refractivity contribution in [2.45, 2.75) is 13.1 Å². The Morgan fingerprint density at radius 2 is 1.36 bits per heavy atom. The van der Waals surface area contributed by atoms with Crippen LogP contribution >= 0.6 is 0 Å². The number of halogens is 2. The molecule has 0 saturated carbocycles. The minimum absolute atomic E-state index is 0.117. The van der Waals surface area contributed by atoms with Crippen LogP contribution < -0.4 is 4.90 Å². The molecule has 2 aromatic carbocycles. The van der Waals surface area contributed by atoms with Crippen molar-refractivity contribution in [3.63, 3.8) is 0 Å². The number of nitrogens with zero attached hydrogens (tertiary/aromatic N) is 3. The quantitative estimate of drug-likeness (QED) is 0.484. The molecule has 1 N–H and O–H groups in total. The summed E-state index contributed by atoms with van der Waals surface area (Å²) in [6.45, 7) is 1.16. The smallest absolute Gasteiger partial charge is 0.231 e. The molecule has 28 heavy (non-hydrogen) atoms. The molecule has 0 aliphatic heterocycles. The van der Waals surface area contributed by atoms with E-state index >= 15 is 0 Å². The highest BCUT2D eigenvalue weighted by Gasteiger charge is 2.15. The second kappa shape index (κ2) is 8.00. The molecule has 140 valence electrons. The van der Waals surface area contributed by atoms with Gasteiger partial charge in [-0.2, -0.15) is 8.78 Å². The topological polar surface area (TPSA) is 44.8 Å². The third-order valence-electron chi connectivity index (χ3n) is 4.39. The first kappa shape index (κ1) is 17.9. The van der Waals surface area contributed by atoms with Gasteiger partial charge in [0, 0.05) is 13.1 Å². The molecule has 0 saturated heterocycles. The molecule has 2 aromatic heterocycles. The average molecular weight is 376 g/mol. The first-order chi connectivity index (χ1) is 13.7. The van der Waals surface area contributed by atoms with Crippen LogP contribution in [-0.2, 0) is 13.1 Å². The molecule has 0 radical (unpaired) electrons. The lowest BCUT2D eigenvalue weighted by Crippen LogP contribution is -2.23. The first-order valence-corrected chi connectivity index (χ1v) is 8.89. The molecule has 0 fully saturated rings. The van der Waals surface area contributed by atoms with Crippen LogP contribution in [0.2, 0.25) is 0 Å². The first-order valence-electron chi connectivity index (χ1n) is 8.89. The van der Waals surface area contributed by atoms with Crippen LogP contribution in [0.4, 0.5) is 14.6 Å². The Morgan fingerprint density at radius 3 is 1.86 bits per heavy atom. The van der Waals surface area contributed by atoms with E-state index in [-0.39, 0.29) is 11.4 Å². The lowest BCUT2D eigenvalue weighted by atomic mass is 10.1. The average Bonchev–Trinajstić information content (AvgIpc) is 3.15. The molecule has 0 spiro atoms. The van der Waals surface area contributed by atoms with Crippen LogP contribution in [0.15, 0.2) is 79.0 Å². The van der Waals surface area contributed by atoms with Gasteiger partial charge in [-0.25, -0.2) is 9.97 Å². The molecule has 0 aliphatic carbocycles. The molecule has 0 bridgehead atoms. The Labute approximate surface area is 161 Å². The van der Waals surface area contributed by atoms with Crippen LogP contribution in [0.3, 0.4) is 0 Å². The number of hydrogen-bond acceptors (Lipinski definition) is 3. The fourth-order valence-electron chi connectivity index (χ4n) is 3.04. The van der Waals surface area contributed by atoms with E-state index in [1.54, 1.807) is 12.1 Å². The highest BCUT2D eigenvalue weighted by molar-refractivity contribution is 5.57. The van der Waals surface area contributed by atoms with Gasteiger partial charge in [0.2, 0.25) is 11.9 Å². The number of hydrogen-bond donors (Lipinski definition) is 1. The van der Waals surface area contributed by atoms with E-state index in [9.17, 15) is 8.78 Å². The van der Waals surface area contributed by atoms with Crippen LogP contribution in [0, 0.1) is 11.9 Å². The van der Waals surface area contributed by atoms with Crippen molar-refractivity contribution < 1.29 is 8.78 Å². The third-order valence-corrected chi connectivity index (χ3v) is 4.39. The number of aromatic nitrogens is 3. The highest BCUT2D eigenvalue weighted by Crippen LogP contribution is 2.24. The fraction of sp³-hybridized carbons (Fsp3) is 0.0909. The summed E-state index contributed by atoms with van der Waals surface area (Å²) in [6.07, 6.45) is 1.08. The van der Waals surface area contributed by atoms with E-state index in [1.165, 1.54) is 0 Å². The van der Waals surface area contributed by atoms with Gasteiger partial charge in [0.25, 0.3) is 0 Å². The van der Waals surface area contributed by atoms with Gasteiger partial charge >= 0.3 is 0 Å². The third kappa shape index (κ3) is 4.06. The number of pyridine rings is 1. The lowest BCUT2D eigenvalue weighted by molar-refractivity contribution is 0.579. The number of nitrogens with one attached hydrogen (secondary N) is 1. The number of benzene rings is 2.